The van der Waals surface area contributed by atoms with Crippen molar-refractivity contribution in [2.24, 2.45) is 10.9 Å². The number of nitrogens with zero attached hydrogens (tertiary/aromatic N) is 4. The lowest BCUT2D eigenvalue weighted by Crippen LogP contribution is -2.49. The highest BCUT2D eigenvalue weighted by molar-refractivity contribution is 5.93. The lowest BCUT2D eigenvalue weighted by molar-refractivity contribution is -0.129. The van der Waals surface area contributed by atoms with Crippen molar-refractivity contribution in [3.05, 3.63) is 58.9 Å². The number of carbonyl (C=O) groups is 1. The number of piperazine rings is 1. The van der Waals surface area contributed by atoms with Crippen molar-refractivity contribution in [2.45, 2.75) is 19.9 Å². The summed E-state index contributed by atoms with van der Waals surface area (Å²) in [6.45, 7) is 9.40. The Hall–Kier alpha value is -2.31. The fourth-order valence-corrected chi connectivity index (χ4v) is 4.34. The minimum absolute atomic E-state index is 0.154. The summed E-state index contributed by atoms with van der Waals surface area (Å²) in [5, 5.41) is 0. The molecule has 30 heavy (non-hydrogen) atoms. The van der Waals surface area contributed by atoms with E-state index in [1.165, 1.54) is 11.6 Å². The van der Waals surface area contributed by atoms with Gasteiger partial charge in [0.05, 0.1) is 0 Å². The van der Waals surface area contributed by atoms with Gasteiger partial charge in [-0.05, 0) is 24.5 Å². The van der Waals surface area contributed by atoms with Crippen LogP contribution in [0.25, 0.3) is 0 Å². The van der Waals surface area contributed by atoms with E-state index in [2.05, 4.69) is 33.9 Å². The van der Waals surface area contributed by atoms with Crippen LogP contribution in [0.1, 0.15) is 18.9 Å². The summed E-state index contributed by atoms with van der Waals surface area (Å²) in [5.74, 6) is 0.527. The van der Waals surface area contributed by atoms with Gasteiger partial charge in [0.2, 0.25) is 5.91 Å². The monoisotopic (exact) mass is 410 g/mol. The minimum atomic E-state index is -0.154. The average molecular weight is 411 g/mol. The molecule has 3 heterocycles. The maximum absolute atomic E-state index is 13.9. The summed E-state index contributed by atoms with van der Waals surface area (Å²) in [4.78, 5) is 23.9. The molecule has 5 nitrogen and oxygen atoms in total. The predicted octanol–water partition coefficient (Wildman–Crippen LogP) is 2.75. The van der Waals surface area contributed by atoms with E-state index in [-0.39, 0.29) is 11.7 Å². The molecule has 0 spiro atoms. The second kappa shape index (κ2) is 9.67. The second-order valence-electron chi connectivity index (χ2n) is 8.53. The SMILES string of the molecule is CC1CN=CC=C1CN1CC=C(C(=O)N2CCN(Cc3ccccc3F)CC2)CC1. The molecule has 0 radical (unpaired) electrons. The molecule has 1 amide bonds. The maximum Gasteiger partial charge on any atom is 0.249 e. The zero-order chi connectivity index (χ0) is 20.9. The summed E-state index contributed by atoms with van der Waals surface area (Å²) < 4.78 is 13.9. The van der Waals surface area contributed by atoms with Crippen molar-refractivity contribution in [1.82, 2.24) is 14.7 Å². The number of dihydropyridines is 1. The van der Waals surface area contributed by atoms with Gasteiger partial charge in [-0.25, -0.2) is 4.39 Å². The van der Waals surface area contributed by atoms with Gasteiger partial charge in [0.1, 0.15) is 5.82 Å². The number of halogens is 1. The van der Waals surface area contributed by atoms with E-state index in [1.54, 1.807) is 6.07 Å². The standard InChI is InChI=1S/C24H31FN4O/c1-19-16-26-9-6-21(19)17-27-10-7-20(8-11-27)24(30)29-14-12-28(13-15-29)18-22-4-2-3-5-23(22)25/h2-7,9,19H,8,10-18H2,1H3. The molecule has 6 heteroatoms. The number of allylic oxidation sites excluding steroid dienone is 1. The zero-order valence-corrected chi connectivity index (χ0v) is 17.8. The van der Waals surface area contributed by atoms with E-state index in [1.807, 2.05) is 23.2 Å². The lowest BCUT2D eigenvalue weighted by Gasteiger charge is -2.36. The van der Waals surface area contributed by atoms with Crippen LogP contribution < -0.4 is 0 Å². The van der Waals surface area contributed by atoms with Gasteiger partial charge in [-0.15, -0.1) is 0 Å². The second-order valence-corrected chi connectivity index (χ2v) is 8.53. The Balaban J connectivity index is 1.25. The number of hydrogen-bond acceptors (Lipinski definition) is 4. The number of hydrogen-bond donors (Lipinski definition) is 0. The Kier molecular flexibility index (Phi) is 6.75. The van der Waals surface area contributed by atoms with Crippen LogP contribution >= 0.6 is 0 Å². The zero-order valence-electron chi connectivity index (χ0n) is 17.8. The Morgan fingerprint density at radius 1 is 1.10 bits per heavy atom. The highest BCUT2D eigenvalue weighted by Gasteiger charge is 2.26. The number of amides is 1. The molecule has 1 aromatic carbocycles. The van der Waals surface area contributed by atoms with Crippen LogP contribution in [-0.2, 0) is 11.3 Å². The molecule has 0 aliphatic carbocycles. The molecule has 160 valence electrons. The van der Waals surface area contributed by atoms with Gasteiger partial charge in [0.25, 0.3) is 0 Å². The summed E-state index contributed by atoms with van der Waals surface area (Å²) in [6, 6.07) is 6.93. The van der Waals surface area contributed by atoms with E-state index in [9.17, 15) is 9.18 Å². The topological polar surface area (TPSA) is 39.2 Å². The Bertz CT molecular complexity index is 855. The average Bonchev–Trinajstić information content (AvgIpc) is 2.77. The Labute approximate surface area is 178 Å². The van der Waals surface area contributed by atoms with E-state index >= 15 is 0 Å². The van der Waals surface area contributed by atoms with Crippen LogP contribution in [0.5, 0.6) is 0 Å². The van der Waals surface area contributed by atoms with E-state index in [0.717, 1.165) is 56.8 Å². The third-order valence-electron chi connectivity index (χ3n) is 6.39. The van der Waals surface area contributed by atoms with Gasteiger partial charge in [-0.1, -0.05) is 36.8 Å². The molecular formula is C24H31FN4O. The first kappa shape index (κ1) is 20.9. The molecule has 3 aliphatic rings. The van der Waals surface area contributed by atoms with E-state index in [4.69, 9.17) is 0 Å². The molecule has 0 aromatic heterocycles. The number of carbonyl (C=O) groups excluding carboxylic acids is 1. The molecule has 1 fully saturated rings. The van der Waals surface area contributed by atoms with Crippen molar-refractivity contribution >= 4 is 12.1 Å². The molecule has 1 aromatic rings. The summed E-state index contributed by atoms with van der Waals surface area (Å²) in [7, 11) is 0. The molecule has 1 saturated heterocycles. The normalized spacial score (nSPS) is 23.3. The highest BCUT2D eigenvalue weighted by atomic mass is 19.1. The van der Waals surface area contributed by atoms with Gasteiger partial charge < -0.3 is 4.90 Å². The Morgan fingerprint density at radius 2 is 1.90 bits per heavy atom. The first-order valence-electron chi connectivity index (χ1n) is 11.0. The molecule has 0 saturated carbocycles. The molecule has 0 N–H and O–H groups in total. The number of aliphatic imine (C=N–C) groups is 1. The lowest BCUT2D eigenvalue weighted by atomic mass is 9.97. The van der Waals surface area contributed by atoms with Crippen molar-refractivity contribution in [3.63, 3.8) is 0 Å². The highest BCUT2D eigenvalue weighted by Crippen LogP contribution is 2.20. The quantitative estimate of drug-likeness (QED) is 0.749. The Morgan fingerprint density at radius 3 is 2.60 bits per heavy atom. The van der Waals surface area contributed by atoms with Gasteiger partial charge in [0.15, 0.2) is 0 Å². The molecule has 0 bridgehead atoms. The fourth-order valence-electron chi connectivity index (χ4n) is 4.34. The van der Waals surface area contributed by atoms with Crippen LogP contribution in [0, 0.1) is 11.7 Å². The summed E-state index contributed by atoms with van der Waals surface area (Å²) in [6.07, 6.45) is 6.97. The fraction of sp³-hybridized carbons (Fsp3) is 0.500. The third kappa shape index (κ3) is 5.05. The first-order valence-corrected chi connectivity index (χ1v) is 11.0. The first-order chi connectivity index (χ1) is 14.6. The number of rotatable bonds is 5. The smallest absolute Gasteiger partial charge is 0.249 e. The van der Waals surface area contributed by atoms with Crippen molar-refractivity contribution < 1.29 is 9.18 Å². The maximum atomic E-state index is 13.9. The third-order valence-corrected chi connectivity index (χ3v) is 6.39. The number of benzene rings is 1. The predicted molar refractivity (Wildman–Crippen MR) is 118 cm³/mol. The molecule has 4 rings (SSSR count). The van der Waals surface area contributed by atoms with Crippen LogP contribution in [-0.4, -0.2) is 79.2 Å². The summed E-state index contributed by atoms with van der Waals surface area (Å²) >= 11 is 0. The van der Waals surface area contributed by atoms with Crippen molar-refractivity contribution in [2.75, 3.05) is 52.4 Å². The van der Waals surface area contributed by atoms with Crippen LogP contribution in [0.15, 0.2) is 52.6 Å². The van der Waals surface area contributed by atoms with Crippen LogP contribution in [0.3, 0.4) is 0 Å². The van der Waals surface area contributed by atoms with Gasteiger partial charge in [-0.3, -0.25) is 19.6 Å². The molecule has 3 aliphatic heterocycles. The summed E-state index contributed by atoms with van der Waals surface area (Å²) in [5.41, 5.74) is 3.10. The van der Waals surface area contributed by atoms with E-state index in [0.29, 0.717) is 25.6 Å². The largest absolute Gasteiger partial charge is 0.336 e. The van der Waals surface area contributed by atoms with Gasteiger partial charge in [0, 0.05) is 76.3 Å². The van der Waals surface area contributed by atoms with Gasteiger partial charge in [-0.2, -0.15) is 0 Å². The minimum Gasteiger partial charge on any atom is -0.336 e. The molecule has 1 unspecified atom stereocenters. The van der Waals surface area contributed by atoms with Crippen molar-refractivity contribution in [1.29, 1.82) is 0 Å². The van der Waals surface area contributed by atoms with Crippen LogP contribution in [0.4, 0.5) is 4.39 Å². The van der Waals surface area contributed by atoms with Crippen LogP contribution in [0.2, 0.25) is 0 Å². The van der Waals surface area contributed by atoms with Gasteiger partial charge >= 0.3 is 0 Å². The van der Waals surface area contributed by atoms with Crippen molar-refractivity contribution in [3.8, 4) is 0 Å². The molecule has 1 atom stereocenters. The molecular weight excluding hydrogens is 379 g/mol. The van der Waals surface area contributed by atoms with E-state index < -0.39 is 0 Å².